The Morgan fingerprint density at radius 3 is 2.53 bits per heavy atom. The number of fused-ring (bicyclic) bond motifs is 1. The highest BCUT2D eigenvalue weighted by Crippen LogP contribution is 2.36. The van der Waals surface area contributed by atoms with Crippen molar-refractivity contribution in [3.63, 3.8) is 0 Å². The van der Waals surface area contributed by atoms with Crippen LogP contribution >= 0.6 is 11.8 Å². The Kier molecular flexibility index (Phi) is 6.15. The zero-order valence-electron chi connectivity index (χ0n) is 19.2. The molecule has 0 bridgehead atoms. The number of carbonyl (C=O) groups excluding carboxylic acids is 2. The van der Waals surface area contributed by atoms with Gasteiger partial charge in [0.1, 0.15) is 5.82 Å². The van der Waals surface area contributed by atoms with Crippen molar-refractivity contribution >= 4 is 45.6 Å². The summed E-state index contributed by atoms with van der Waals surface area (Å²) in [4.78, 5) is 37.8. The van der Waals surface area contributed by atoms with Gasteiger partial charge in [-0.3, -0.25) is 24.6 Å². The van der Waals surface area contributed by atoms with E-state index in [9.17, 15) is 24.1 Å². The molecular weight excluding hydrogens is 481 g/mol. The second kappa shape index (κ2) is 9.43. The molecule has 2 heterocycles. The molecule has 5 rings (SSSR count). The molecule has 7 nitrogen and oxygen atoms in total. The summed E-state index contributed by atoms with van der Waals surface area (Å²) in [6.07, 6.45) is 1.70. The maximum Gasteiger partial charge on any atom is 0.293 e. The normalized spacial score (nSPS) is 14.8. The number of imide groups is 1. The number of hydrogen-bond donors (Lipinski definition) is 0. The van der Waals surface area contributed by atoms with Crippen molar-refractivity contribution in [2.45, 2.75) is 20.0 Å². The maximum absolute atomic E-state index is 14.4. The topological polar surface area (TPSA) is 85.5 Å². The molecule has 0 N–H and O–H groups in total. The van der Waals surface area contributed by atoms with E-state index in [1.807, 2.05) is 35.8 Å². The number of nitrogens with zero attached hydrogens (tertiary/aromatic N) is 3. The van der Waals surface area contributed by atoms with Gasteiger partial charge in [0.2, 0.25) is 0 Å². The smallest absolute Gasteiger partial charge is 0.293 e. The molecule has 0 aliphatic carbocycles. The molecule has 0 spiro atoms. The number of rotatable bonds is 6. The molecule has 0 unspecified atom stereocenters. The number of benzene rings is 3. The third-order valence-corrected chi connectivity index (χ3v) is 7.08. The van der Waals surface area contributed by atoms with Gasteiger partial charge in [-0.2, -0.15) is 0 Å². The summed E-state index contributed by atoms with van der Waals surface area (Å²) in [5, 5.41) is 11.5. The summed E-state index contributed by atoms with van der Waals surface area (Å²) < 4.78 is 16.4. The van der Waals surface area contributed by atoms with Crippen LogP contribution in [0, 0.1) is 22.9 Å². The molecule has 1 fully saturated rings. The molecule has 180 valence electrons. The lowest BCUT2D eigenvalue weighted by Gasteiger charge is -2.12. The van der Waals surface area contributed by atoms with Gasteiger partial charge in [-0.1, -0.05) is 48.5 Å². The second-order valence-corrected chi connectivity index (χ2v) is 9.38. The summed E-state index contributed by atoms with van der Waals surface area (Å²) >= 11 is 0.835. The number of hydrogen-bond acceptors (Lipinski definition) is 5. The molecule has 0 saturated carbocycles. The van der Waals surface area contributed by atoms with Crippen molar-refractivity contribution in [1.29, 1.82) is 0 Å². The zero-order chi connectivity index (χ0) is 25.4. The number of non-ortho nitro benzene ring substituents is 1. The lowest BCUT2D eigenvalue weighted by molar-refractivity contribution is -0.384. The Labute approximate surface area is 210 Å². The van der Waals surface area contributed by atoms with Crippen molar-refractivity contribution in [3.05, 3.63) is 116 Å². The van der Waals surface area contributed by atoms with Crippen LogP contribution in [0.3, 0.4) is 0 Å². The molecule has 0 radical (unpaired) electrons. The number of para-hydroxylation sites is 1. The van der Waals surface area contributed by atoms with E-state index < -0.39 is 16.1 Å². The number of halogens is 1. The van der Waals surface area contributed by atoms with Crippen molar-refractivity contribution in [2.24, 2.45) is 0 Å². The minimum Gasteiger partial charge on any atom is -0.340 e. The van der Waals surface area contributed by atoms with Gasteiger partial charge in [0, 0.05) is 39.9 Å². The van der Waals surface area contributed by atoms with Gasteiger partial charge in [0.05, 0.1) is 22.9 Å². The van der Waals surface area contributed by atoms with Gasteiger partial charge in [-0.15, -0.1) is 0 Å². The van der Waals surface area contributed by atoms with Crippen molar-refractivity contribution in [2.75, 3.05) is 0 Å². The van der Waals surface area contributed by atoms with Crippen LogP contribution in [0.4, 0.5) is 14.9 Å². The fourth-order valence-corrected chi connectivity index (χ4v) is 5.18. The lowest BCUT2D eigenvalue weighted by atomic mass is 10.1. The predicted molar refractivity (Wildman–Crippen MR) is 137 cm³/mol. The van der Waals surface area contributed by atoms with Crippen LogP contribution < -0.4 is 0 Å². The fraction of sp³-hybridized carbons (Fsp3) is 0.111. The highest BCUT2D eigenvalue weighted by Gasteiger charge is 2.35. The first kappa shape index (κ1) is 23.5. The summed E-state index contributed by atoms with van der Waals surface area (Å²) in [7, 11) is 0. The Balaban J connectivity index is 1.49. The highest BCUT2D eigenvalue weighted by atomic mass is 32.2. The lowest BCUT2D eigenvalue weighted by Crippen LogP contribution is -2.27. The van der Waals surface area contributed by atoms with Crippen molar-refractivity contribution < 1.29 is 18.9 Å². The van der Waals surface area contributed by atoms with Gasteiger partial charge in [-0.25, -0.2) is 4.39 Å². The Hall–Kier alpha value is -4.24. The summed E-state index contributed by atoms with van der Waals surface area (Å²) in [6.45, 7) is 2.17. The number of thioether (sulfide) groups is 1. The standard InChI is InChI=1S/C27H20FN3O4S/c1-17-22(21-10-3-5-12-24(21)29(17)16-19-8-2-4-11-23(19)28)14-25-26(32)30(27(33)36-25)15-18-7-6-9-20(13-18)31(34)35/h2-14H,15-16H2,1H3/b25-14+. The molecule has 3 aromatic carbocycles. The number of nitro benzene ring substituents is 1. The van der Waals surface area contributed by atoms with E-state index in [1.165, 1.54) is 24.3 Å². The summed E-state index contributed by atoms with van der Waals surface area (Å²) in [5.74, 6) is -0.750. The maximum atomic E-state index is 14.4. The van der Waals surface area contributed by atoms with Crippen molar-refractivity contribution in [3.8, 4) is 0 Å². The van der Waals surface area contributed by atoms with Crippen LogP contribution in [0.15, 0.2) is 77.7 Å². The molecule has 0 atom stereocenters. The van der Waals surface area contributed by atoms with E-state index in [0.717, 1.165) is 38.8 Å². The Morgan fingerprint density at radius 2 is 1.75 bits per heavy atom. The summed E-state index contributed by atoms with van der Waals surface area (Å²) in [6, 6.07) is 20.1. The minimum absolute atomic E-state index is 0.0578. The van der Waals surface area contributed by atoms with Gasteiger partial charge in [0.15, 0.2) is 0 Å². The molecule has 1 aliphatic rings. The molecule has 4 aromatic rings. The van der Waals surface area contributed by atoms with E-state index in [0.29, 0.717) is 17.7 Å². The molecule has 1 aliphatic heterocycles. The van der Waals surface area contributed by atoms with Crippen LogP contribution in [-0.2, 0) is 17.9 Å². The SMILES string of the molecule is Cc1c(/C=C2/SC(=O)N(Cc3cccc([N+](=O)[O-])c3)C2=O)c2ccccc2n1Cc1ccccc1F. The fourth-order valence-electron chi connectivity index (χ4n) is 4.36. The second-order valence-electron chi connectivity index (χ2n) is 8.39. The van der Waals surface area contributed by atoms with Crippen LogP contribution in [0.5, 0.6) is 0 Å². The first-order valence-corrected chi connectivity index (χ1v) is 11.9. The Morgan fingerprint density at radius 1 is 1.00 bits per heavy atom. The third-order valence-electron chi connectivity index (χ3n) is 6.18. The van der Waals surface area contributed by atoms with E-state index in [4.69, 9.17) is 0 Å². The van der Waals surface area contributed by atoms with E-state index in [2.05, 4.69) is 0 Å². The van der Waals surface area contributed by atoms with E-state index in [-0.39, 0.29) is 23.0 Å². The first-order valence-electron chi connectivity index (χ1n) is 11.1. The van der Waals surface area contributed by atoms with Crippen LogP contribution in [0.25, 0.3) is 17.0 Å². The molecular formula is C27H20FN3O4S. The van der Waals surface area contributed by atoms with Crippen LogP contribution in [0.1, 0.15) is 22.4 Å². The number of nitro groups is 1. The van der Waals surface area contributed by atoms with Gasteiger partial charge in [-0.05, 0) is 42.5 Å². The molecule has 36 heavy (non-hydrogen) atoms. The Bertz CT molecular complexity index is 1580. The molecule has 1 aromatic heterocycles. The number of amides is 2. The predicted octanol–water partition coefficient (Wildman–Crippen LogP) is 6.28. The van der Waals surface area contributed by atoms with E-state index in [1.54, 1.807) is 30.3 Å². The number of aromatic nitrogens is 1. The van der Waals surface area contributed by atoms with Gasteiger partial charge in [0.25, 0.3) is 16.8 Å². The largest absolute Gasteiger partial charge is 0.340 e. The average Bonchev–Trinajstić information content (AvgIpc) is 3.28. The molecule has 2 amide bonds. The van der Waals surface area contributed by atoms with Gasteiger partial charge < -0.3 is 4.57 Å². The minimum atomic E-state index is -0.517. The van der Waals surface area contributed by atoms with E-state index >= 15 is 0 Å². The van der Waals surface area contributed by atoms with Gasteiger partial charge >= 0.3 is 0 Å². The quantitative estimate of drug-likeness (QED) is 0.176. The average molecular weight is 502 g/mol. The molecule has 1 saturated heterocycles. The van der Waals surface area contributed by atoms with Crippen LogP contribution in [0.2, 0.25) is 0 Å². The summed E-state index contributed by atoms with van der Waals surface area (Å²) in [5.41, 5.74) is 3.44. The van der Waals surface area contributed by atoms with Crippen molar-refractivity contribution in [1.82, 2.24) is 9.47 Å². The third kappa shape index (κ3) is 4.29. The highest BCUT2D eigenvalue weighted by molar-refractivity contribution is 8.18. The molecule has 9 heteroatoms. The first-order chi connectivity index (χ1) is 17.3. The number of carbonyl (C=O) groups is 2. The monoisotopic (exact) mass is 501 g/mol. The zero-order valence-corrected chi connectivity index (χ0v) is 20.0. The van der Waals surface area contributed by atoms with Crippen LogP contribution in [-0.4, -0.2) is 25.5 Å².